The van der Waals surface area contributed by atoms with E-state index < -0.39 is 40.5 Å². The Kier molecular flexibility index (Phi) is 7.29. The summed E-state index contributed by atoms with van der Waals surface area (Å²) >= 11 is 0. The molecule has 0 aromatic heterocycles. The number of halogens is 1. The van der Waals surface area contributed by atoms with E-state index >= 15 is 0 Å². The SMILES string of the molecule is COc1cc(C(=O)O[C@@H](C)C(=O)N[C@H](C)c2ccc(F)cc2)c([N+](=O)[O-])cc1OC. The highest BCUT2D eigenvalue weighted by atomic mass is 19.1. The van der Waals surface area contributed by atoms with Crippen LogP contribution in [0.1, 0.15) is 35.8 Å². The van der Waals surface area contributed by atoms with Gasteiger partial charge in [0.05, 0.1) is 31.3 Å². The summed E-state index contributed by atoms with van der Waals surface area (Å²) in [7, 11) is 2.61. The molecule has 9 nitrogen and oxygen atoms in total. The Morgan fingerprint density at radius 1 is 1.07 bits per heavy atom. The van der Waals surface area contributed by atoms with Crippen LogP contribution in [0.3, 0.4) is 0 Å². The number of ether oxygens (including phenoxy) is 3. The number of hydrogen-bond acceptors (Lipinski definition) is 7. The molecule has 0 aliphatic heterocycles. The molecule has 160 valence electrons. The van der Waals surface area contributed by atoms with E-state index in [0.717, 1.165) is 12.1 Å². The van der Waals surface area contributed by atoms with Crippen LogP contribution >= 0.6 is 0 Å². The molecule has 0 saturated heterocycles. The van der Waals surface area contributed by atoms with Crippen molar-refractivity contribution in [2.45, 2.75) is 26.0 Å². The van der Waals surface area contributed by atoms with E-state index in [2.05, 4.69) is 5.32 Å². The van der Waals surface area contributed by atoms with Crippen LogP contribution in [-0.2, 0) is 9.53 Å². The summed E-state index contributed by atoms with van der Waals surface area (Å²) in [6.45, 7) is 3.01. The molecule has 2 atom stereocenters. The fourth-order valence-corrected chi connectivity index (χ4v) is 2.63. The average Bonchev–Trinajstić information content (AvgIpc) is 2.72. The third kappa shape index (κ3) is 5.22. The van der Waals surface area contributed by atoms with Gasteiger partial charge in [0.1, 0.15) is 11.4 Å². The maximum Gasteiger partial charge on any atom is 0.346 e. The first-order valence-electron chi connectivity index (χ1n) is 8.85. The molecule has 0 spiro atoms. The molecule has 10 heteroatoms. The summed E-state index contributed by atoms with van der Waals surface area (Å²) in [4.78, 5) is 35.4. The van der Waals surface area contributed by atoms with Crippen LogP contribution in [0.5, 0.6) is 11.5 Å². The van der Waals surface area contributed by atoms with E-state index in [9.17, 15) is 24.1 Å². The number of nitrogens with zero attached hydrogens (tertiary/aromatic N) is 1. The number of hydrogen-bond donors (Lipinski definition) is 1. The number of carbonyl (C=O) groups excluding carboxylic acids is 2. The minimum Gasteiger partial charge on any atom is -0.493 e. The lowest BCUT2D eigenvalue weighted by atomic mass is 10.1. The van der Waals surface area contributed by atoms with E-state index in [4.69, 9.17) is 14.2 Å². The van der Waals surface area contributed by atoms with Gasteiger partial charge in [-0.3, -0.25) is 14.9 Å². The minimum absolute atomic E-state index is 0.0691. The van der Waals surface area contributed by atoms with Crippen LogP contribution < -0.4 is 14.8 Å². The van der Waals surface area contributed by atoms with Crippen molar-refractivity contribution in [3.8, 4) is 11.5 Å². The van der Waals surface area contributed by atoms with E-state index in [1.165, 1.54) is 45.4 Å². The molecule has 2 rings (SSSR count). The van der Waals surface area contributed by atoms with E-state index in [1.54, 1.807) is 6.92 Å². The van der Waals surface area contributed by atoms with E-state index in [0.29, 0.717) is 5.56 Å². The molecule has 0 heterocycles. The standard InChI is InChI=1S/C20H21FN2O7/c1-11(13-5-7-14(21)8-6-13)22-19(24)12(2)30-20(25)15-9-17(28-3)18(29-4)10-16(15)23(26)27/h5-12H,1-4H3,(H,22,24)/t11-,12+/m1/s1. The van der Waals surface area contributed by atoms with Crippen molar-refractivity contribution in [2.24, 2.45) is 0 Å². The summed E-state index contributed by atoms with van der Waals surface area (Å²) in [5, 5.41) is 14.0. The molecule has 0 saturated carbocycles. The molecule has 2 aromatic carbocycles. The second-order valence-corrected chi connectivity index (χ2v) is 6.31. The van der Waals surface area contributed by atoms with Gasteiger partial charge in [-0.2, -0.15) is 0 Å². The Bertz CT molecular complexity index is 947. The van der Waals surface area contributed by atoms with Crippen LogP contribution in [0.2, 0.25) is 0 Å². The predicted octanol–water partition coefficient (Wildman–Crippen LogP) is 3.17. The quantitative estimate of drug-likeness (QED) is 0.396. The molecule has 0 bridgehead atoms. The number of nitrogens with one attached hydrogen (secondary N) is 1. The van der Waals surface area contributed by atoms with Gasteiger partial charge in [-0.15, -0.1) is 0 Å². The first-order valence-corrected chi connectivity index (χ1v) is 8.85. The van der Waals surface area contributed by atoms with Crippen molar-refractivity contribution >= 4 is 17.6 Å². The second-order valence-electron chi connectivity index (χ2n) is 6.31. The summed E-state index contributed by atoms with van der Waals surface area (Å²) in [6, 6.07) is 7.24. The summed E-state index contributed by atoms with van der Waals surface area (Å²) in [6.07, 6.45) is -1.24. The lowest BCUT2D eigenvalue weighted by Crippen LogP contribution is -2.37. The maximum absolute atomic E-state index is 13.0. The summed E-state index contributed by atoms with van der Waals surface area (Å²) < 4.78 is 28.2. The Labute approximate surface area is 171 Å². The Balaban J connectivity index is 2.15. The van der Waals surface area contributed by atoms with Crippen molar-refractivity contribution in [2.75, 3.05) is 14.2 Å². The monoisotopic (exact) mass is 420 g/mol. The summed E-state index contributed by atoms with van der Waals surface area (Å²) in [5.74, 6) is -1.93. The van der Waals surface area contributed by atoms with Crippen LogP contribution in [0, 0.1) is 15.9 Å². The van der Waals surface area contributed by atoms with Gasteiger partial charge >= 0.3 is 5.97 Å². The third-order valence-corrected chi connectivity index (χ3v) is 4.30. The summed E-state index contributed by atoms with van der Waals surface area (Å²) in [5.41, 5.74) is -0.285. The van der Waals surface area contributed by atoms with Gasteiger partial charge in [0.2, 0.25) is 0 Å². The van der Waals surface area contributed by atoms with Crippen molar-refractivity contribution in [3.05, 3.63) is 63.5 Å². The Morgan fingerprint density at radius 3 is 2.17 bits per heavy atom. The lowest BCUT2D eigenvalue weighted by molar-refractivity contribution is -0.385. The number of nitro groups is 1. The van der Waals surface area contributed by atoms with Crippen LogP contribution in [0.25, 0.3) is 0 Å². The highest BCUT2D eigenvalue weighted by molar-refractivity contribution is 5.96. The maximum atomic E-state index is 13.0. The van der Waals surface area contributed by atoms with Gasteiger partial charge in [-0.25, -0.2) is 9.18 Å². The van der Waals surface area contributed by atoms with E-state index in [1.807, 2.05) is 0 Å². The largest absolute Gasteiger partial charge is 0.493 e. The molecule has 1 N–H and O–H groups in total. The molecule has 0 aliphatic rings. The Morgan fingerprint density at radius 2 is 1.63 bits per heavy atom. The zero-order valence-corrected chi connectivity index (χ0v) is 16.8. The average molecular weight is 420 g/mol. The predicted molar refractivity (Wildman–Crippen MR) is 104 cm³/mol. The molecule has 0 fully saturated rings. The highest BCUT2D eigenvalue weighted by Gasteiger charge is 2.28. The molecule has 1 amide bonds. The normalized spacial score (nSPS) is 12.4. The molecule has 0 radical (unpaired) electrons. The number of methoxy groups -OCH3 is 2. The smallest absolute Gasteiger partial charge is 0.346 e. The number of benzene rings is 2. The topological polar surface area (TPSA) is 117 Å². The van der Waals surface area contributed by atoms with Crippen LogP contribution in [0.4, 0.5) is 10.1 Å². The van der Waals surface area contributed by atoms with Gasteiger partial charge in [0.25, 0.3) is 11.6 Å². The first kappa shape index (κ1) is 22.6. The zero-order chi connectivity index (χ0) is 22.4. The van der Waals surface area contributed by atoms with Crippen molar-refractivity contribution in [1.82, 2.24) is 5.32 Å². The van der Waals surface area contributed by atoms with Crippen molar-refractivity contribution < 1.29 is 33.1 Å². The third-order valence-electron chi connectivity index (χ3n) is 4.30. The molecular weight excluding hydrogens is 399 g/mol. The molecule has 0 aliphatic carbocycles. The molecule has 2 aromatic rings. The number of esters is 1. The van der Waals surface area contributed by atoms with Gasteiger partial charge in [0, 0.05) is 6.07 Å². The molecular formula is C20H21FN2O7. The van der Waals surface area contributed by atoms with Crippen LogP contribution in [-0.4, -0.2) is 37.1 Å². The van der Waals surface area contributed by atoms with Gasteiger partial charge < -0.3 is 19.5 Å². The van der Waals surface area contributed by atoms with Crippen LogP contribution in [0.15, 0.2) is 36.4 Å². The minimum atomic E-state index is -1.24. The molecule has 30 heavy (non-hydrogen) atoms. The lowest BCUT2D eigenvalue weighted by Gasteiger charge is -2.18. The number of carbonyl (C=O) groups is 2. The first-order chi connectivity index (χ1) is 14.2. The van der Waals surface area contributed by atoms with Crippen molar-refractivity contribution in [1.29, 1.82) is 0 Å². The van der Waals surface area contributed by atoms with Gasteiger partial charge in [-0.05, 0) is 31.5 Å². The van der Waals surface area contributed by atoms with Gasteiger partial charge in [-0.1, -0.05) is 12.1 Å². The number of nitro benzene ring substituents is 1. The zero-order valence-electron chi connectivity index (χ0n) is 16.8. The highest BCUT2D eigenvalue weighted by Crippen LogP contribution is 2.35. The Hall–Kier alpha value is -3.69. The van der Waals surface area contributed by atoms with E-state index in [-0.39, 0.29) is 17.1 Å². The van der Waals surface area contributed by atoms with Gasteiger partial charge in [0.15, 0.2) is 17.6 Å². The van der Waals surface area contributed by atoms with Crippen molar-refractivity contribution in [3.63, 3.8) is 0 Å². The fourth-order valence-electron chi connectivity index (χ4n) is 2.63. The number of amides is 1. The molecule has 0 unspecified atom stereocenters. The fraction of sp³-hybridized carbons (Fsp3) is 0.300. The second kappa shape index (κ2) is 9.68. The number of rotatable bonds is 8.